The number of hydrogen-bond donors (Lipinski definition) is 1. The largest absolute Gasteiger partial charge is 0.373 e. The number of benzene rings is 2. The highest BCUT2D eigenvalue weighted by molar-refractivity contribution is 6.33. The molecule has 0 spiro atoms. The number of nitrogens with zero attached hydrogens (tertiary/aromatic N) is 4. The maximum absolute atomic E-state index is 12.5. The monoisotopic (exact) mass is 413 g/mol. The first kappa shape index (κ1) is 18.2. The molecule has 0 bridgehead atoms. The van der Waals surface area contributed by atoms with Crippen molar-refractivity contribution in [2.45, 2.75) is 6.54 Å². The van der Waals surface area contributed by atoms with Crippen molar-refractivity contribution in [1.82, 2.24) is 19.9 Å². The maximum Gasteiger partial charge on any atom is 0.292 e. The number of nitrogens with one attached hydrogen (secondary N) is 1. The molecule has 0 amide bonds. The van der Waals surface area contributed by atoms with Crippen molar-refractivity contribution in [3.05, 3.63) is 87.1 Å². The van der Waals surface area contributed by atoms with Crippen LogP contribution in [0.3, 0.4) is 0 Å². The molecule has 0 aliphatic rings. The molecule has 0 saturated heterocycles. The van der Waals surface area contributed by atoms with Crippen molar-refractivity contribution in [3.63, 3.8) is 0 Å². The van der Waals surface area contributed by atoms with E-state index in [2.05, 4.69) is 20.6 Å². The van der Waals surface area contributed by atoms with Crippen LogP contribution >= 0.6 is 23.2 Å². The predicted molar refractivity (Wildman–Crippen MR) is 107 cm³/mol. The molecule has 0 atom stereocenters. The van der Waals surface area contributed by atoms with Crippen LogP contribution in [0.25, 0.3) is 17.1 Å². The van der Waals surface area contributed by atoms with E-state index in [-0.39, 0.29) is 11.6 Å². The highest BCUT2D eigenvalue weighted by Gasteiger charge is 2.13. The summed E-state index contributed by atoms with van der Waals surface area (Å²) in [4.78, 5) is 16.8. The quantitative estimate of drug-likeness (QED) is 0.527. The Labute approximate surface area is 169 Å². The molecule has 0 fully saturated rings. The summed E-state index contributed by atoms with van der Waals surface area (Å²) in [6, 6.07) is 16.2. The molecule has 0 aliphatic heterocycles. The van der Waals surface area contributed by atoms with Gasteiger partial charge in [0.1, 0.15) is 5.02 Å². The van der Waals surface area contributed by atoms with Crippen LogP contribution in [0.2, 0.25) is 10.0 Å². The van der Waals surface area contributed by atoms with Crippen LogP contribution in [0, 0.1) is 0 Å². The summed E-state index contributed by atoms with van der Waals surface area (Å²) in [7, 11) is 0. The first-order valence-electron chi connectivity index (χ1n) is 8.27. The fraction of sp³-hybridized carbons (Fsp3) is 0.0526. The van der Waals surface area contributed by atoms with Gasteiger partial charge in [-0.1, -0.05) is 58.7 Å². The lowest BCUT2D eigenvalue weighted by Crippen LogP contribution is -2.22. The summed E-state index contributed by atoms with van der Waals surface area (Å²) < 4.78 is 6.46. The summed E-state index contributed by atoms with van der Waals surface area (Å²) in [5.41, 5.74) is 1.32. The first-order chi connectivity index (χ1) is 13.6. The molecule has 4 aromatic rings. The van der Waals surface area contributed by atoms with Gasteiger partial charge in [0.15, 0.2) is 0 Å². The molecule has 9 heteroatoms. The van der Waals surface area contributed by atoms with E-state index in [1.807, 2.05) is 24.3 Å². The number of para-hydroxylation sites is 1. The van der Waals surface area contributed by atoms with Crippen molar-refractivity contribution in [1.29, 1.82) is 0 Å². The zero-order valence-corrected chi connectivity index (χ0v) is 15.9. The van der Waals surface area contributed by atoms with Crippen molar-refractivity contribution >= 4 is 28.9 Å². The van der Waals surface area contributed by atoms with E-state index in [4.69, 9.17) is 27.7 Å². The van der Waals surface area contributed by atoms with E-state index < -0.39 is 5.56 Å². The van der Waals surface area contributed by atoms with Gasteiger partial charge in [-0.15, -0.1) is 0 Å². The Morgan fingerprint density at radius 3 is 2.68 bits per heavy atom. The lowest BCUT2D eigenvalue weighted by atomic mass is 10.2. The molecule has 0 saturated carbocycles. The van der Waals surface area contributed by atoms with Crippen LogP contribution < -0.4 is 10.9 Å². The van der Waals surface area contributed by atoms with Gasteiger partial charge in [-0.2, -0.15) is 14.8 Å². The maximum atomic E-state index is 12.5. The fourth-order valence-corrected chi connectivity index (χ4v) is 2.94. The molecule has 4 rings (SSSR count). The van der Waals surface area contributed by atoms with Crippen LogP contribution in [-0.4, -0.2) is 19.9 Å². The van der Waals surface area contributed by atoms with Crippen molar-refractivity contribution in [2.24, 2.45) is 0 Å². The van der Waals surface area contributed by atoms with Gasteiger partial charge in [0.25, 0.3) is 5.56 Å². The topological polar surface area (TPSA) is 85.8 Å². The van der Waals surface area contributed by atoms with Gasteiger partial charge in [0.05, 0.1) is 24.1 Å². The van der Waals surface area contributed by atoms with E-state index in [1.165, 1.54) is 10.9 Å². The van der Waals surface area contributed by atoms with Gasteiger partial charge >= 0.3 is 0 Å². The Hall–Kier alpha value is -3.16. The summed E-state index contributed by atoms with van der Waals surface area (Å²) in [5.74, 6) is 0.751. The summed E-state index contributed by atoms with van der Waals surface area (Å²) in [6.07, 6.45) is 1.48. The SMILES string of the molecule is O=c1c(Cl)c(NCc2nc(-c3cccc(Cl)c3)no2)cnn1-c1ccccc1. The molecule has 1 N–H and O–H groups in total. The van der Waals surface area contributed by atoms with Gasteiger partial charge in [-0.25, -0.2) is 0 Å². The van der Waals surface area contributed by atoms with Crippen LogP contribution in [-0.2, 0) is 6.54 Å². The second kappa shape index (κ2) is 7.84. The normalized spacial score (nSPS) is 10.8. The lowest BCUT2D eigenvalue weighted by molar-refractivity contribution is 0.384. The number of hydrogen-bond acceptors (Lipinski definition) is 6. The molecule has 7 nitrogen and oxygen atoms in total. The zero-order chi connectivity index (χ0) is 19.5. The second-order valence-electron chi connectivity index (χ2n) is 5.80. The Kier molecular flexibility index (Phi) is 5.10. The van der Waals surface area contributed by atoms with Gasteiger partial charge in [0.2, 0.25) is 11.7 Å². The van der Waals surface area contributed by atoms with E-state index in [0.717, 1.165) is 5.56 Å². The minimum absolute atomic E-state index is 0.0217. The Morgan fingerprint density at radius 2 is 1.89 bits per heavy atom. The fourth-order valence-electron chi connectivity index (χ4n) is 2.55. The third kappa shape index (κ3) is 3.76. The Morgan fingerprint density at radius 1 is 1.07 bits per heavy atom. The van der Waals surface area contributed by atoms with Gasteiger partial charge in [-0.05, 0) is 24.3 Å². The third-order valence-corrected chi connectivity index (χ3v) is 4.50. The molecule has 0 aliphatic carbocycles. The van der Waals surface area contributed by atoms with Gasteiger partial charge in [0, 0.05) is 10.6 Å². The molecule has 140 valence electrons. The molecule has 28 heavy (non-hydrogen) atoms. The molecule has 2 aromatic heterocycles. The lowest BCUT2D eigenvalue weighted by Gasteiger charge is -2.08. The van der Waals surface area contributed by atoms with Crippen LogP contribution in [0.1, 0.15) is 5.89 Å². The van der Waals surface area contributed by atoms with E-state index >= 15 is 0 Å². The minimum Gasteiger partial charge on any atom is -0.373 e. The predicted octanol–water partition coefficient (Wildman–Crippen LogP) is 4.20. The summed E-state index contributed by atoms with van der Waals surface area (Å²) in [6.45, 7) is 0.184. The van der Waals surface area contributed by atoms with Crippen LogP contribution in [0.15, 0.2) is 70.1 Å². The minimum atomic E-state index is -0.428. The standard InChI is InChI=1S/C19H13Cl2N5O2/c20-13-6-4-5-12(9-13)18-24-16(28-25-18)11-22-15-10-23-26(19(27)17(15)21)14-7-2-1-3-8-14/h1-10,22H,11H2. The molecule has 2 aromatic carbocycles. The van der Waals surface area contributed by atoms with Crippen molar-refractivity contribution in [3.8, 4) is 17.1 Å². The van der Waals surface area contributed by atoms with Crippen molar-refractivity contribution in [2.75, 3.05) is 5.32 Å². The third-order valence-electron chi connectivity index (χ3n) is 3.90. The Balaban J connectivity index is 1.52. The zero-order valence-electron chi connectivity index (χ0n) is 14.3. The number of halogens is 2. The van der Waals surface area contributed by atoms with Crippen LogP contribution in [0.4, 0.5) is 5.69 Å². The van der Waals surface area contributed by atoms with E-state index in [1.54, 1.807) is 30.3 Å². The highest BCUT2D eigenvalue weighted by Crippen LogP contribution is 2.21. The highest BCUT2D eigenvalue weighted by atomic mass is 35.5. The van der Waals surface area contributed by atoms with E-state index in [9.17, 15) is 4.79 Å². The molecule has 0 radical (unpaired) electrons. The van der Waals surface area contributed by atoms with Gasteiger partial charge in [-0.3, -0.25) is 4.79 Å². The summed E-state index contributed by atoms with van der Waals surface area (Å²) in [5, 5.41) is 11.7. The van der Waals surface area contributed by atoms with Crippen LogP contribution in [0.5, 0.6) is 0 Å². The van der Waals surface area contributed by atoms with E-state index in [0.29, 0.717) is 28.1 Å². The van der Waals surface area contributed by atoms with Crippen molar-refractivity contribution < 1.29 is 4.52 Å². The smallest absolute Gasteiger partial charge is 0.292 e. The number of anilines is 1. The molecular weight excluding hydrogens is 401 g/mol. The molecule has 0 unspecified atom stereocenters. The molecular formula is C19H13Cl2N5O2. The number of rotatable bonds is 5. The second-order valence-corrected chi connectivity index (χ2v) is 6.61. The Bertz CT molecular complexity index is 1170. The summed E-state index contributed by atoms with van der Waals surface area (Å²) >= 11 is 12.2. The first-order valence-corrected chi connectivity index (χ1v) is 9.03. The average Bonchev–Trinajstić information content (AvgIpc) is 3.19. The average molecular weight is 414 g/mol. The number of aromatic nitrogens is 4. The molecule has 2 heterocycles. The van der Waals surface area contributed by atoms with Gasteiger partial charge < -0.3 is 9.84 Å².